The van der Waals surface area contributed by atoms with E-state index < -0.39 is 0 Å². The van der Waals surface area contributed by atoms with Crippen LogP contribution in [0.3, 0.4) is 0 Å². The van der Waals surface area contributed by atoms with Gasteiger partial charge in [-0.3, -0.25) is 4.79 Å². The fourth-order valence-corrected chi connectivity index (χ4v) is 4.22. The molecule has 20 heavy (non-hydrogen) atoms. The van der Waals surface area contributed by atoms with Crippen LogP contribution in [0, 0.1) is 5.41 Å². The molecule has 0 bridgehead atoms. The Labute approximate surface area is 122 Å². The van der Waals surface area contributed by atoms with Crippen LogP contribution >= 0.6 is 0 Å². The Balaban J connectivity index is 1.49. The zero-order valence-electron chi connectivity index (χ0n) is 12.7. The van der Waals surface area contributed by atoms with Crippen LogP contribution in [-0.2, 0) is 4.79 Å². The molecule has 3 fully saturated rings. The molecule has 0 aliphatic carbocycles. The molecule has 114 valence electrons. The fourth-order valence-electron chi connectivity index (χ4n) is 4.22. The maximum absolute atomic E-state index is 12.5. The maximum Gasteiger partial charge on any atom is 0.223 e. The summed E-state index contributed by atoms with van der Waals surface area (Å²) < 4.78 is 0. The van der Waals surface area contributed by atoms with Gasteiger partial charge in [0.05, 0.1) is 0 Å². The van der Waals surface area contributed by atoms with Crippen molar-refractivity contribution in [3.8, 4) is 0 Å². The number of piperidine rings is 2. The summed E-state index contributed by atoms with van der Waals surface area (Å²) in [5, 5.41) is 3.54. The summed E-state index contributed by atoms with van der Waals surface area (Å²) in [6.45, 7) is 7.62. The van der Waals surface area contributed by atoms with Crippen molar-refractivity contribution in [2.45, 2.75) is 44.9 Å². The van der Waals surface area contributed by atoms with Gasteiger partial charge in [-0.2, -0.15) is 0 Å². The van der Waals surface area contributed by atoms with Gasteiger partial charge in [0.1, 0.15) is 0 Å². The van der Waals surface area contributed by atoms with Gasteiger partial charge in [0, 0.05) is 38.0 Å². The van der Waals surface area contributed by atoms with Gasteiger partial charge < -0.3 is 15.1 Å². The molecule has 0 aromatic carbocycles. The molecule has 1 N–H and O–H groups in total. The number of rotatable bonds is 3. The molecule has 0 radical (unpaired) electrons. The highest BCUT2D eigenvalue weighted by atomic mass is 16.2. The van der Waals surface area contributed by atoms with E-state index in [1.54, 1.807) is 0 Å². The van der Waals surface area contributed by atoms with Gasteiger partial charge in [-0.15, -0.1) is 0 Å². The monoisotopic (exact) mass is 279 g/mol. The summed E-state index contributed by atoms with van der Waals surface area (Å²) in [5.74, 6) is 0.390. The van der Waals surface area contributed by atoms with E-state index in [0.29, 0.717) is 11.3 Å². The first-order valence-electron chi connectivity index (χ1n) is 8.48. The van der Waals surface area contributed by atoms with Gasteiger partial charge in [0.2, 0.25) is 5.91 Å². The smallest absolute Gasteiger partial charge is 0.223 e. The number of carbonyl (C=O) groups is 1. The van der Waals surface area contributed by atoms with E-state index in [0.717, 1.165) is 39.1 Å². The minimum Gasteiger partial charge on any atom is -0.342 e. The van der Waals surface area contributed by atoms with Gasteiger partial charge in [0.15, 0.2) is 0 Å². The first kappa shape index (κ1) is 14.3. The molecule has 1 amide bonds. The number of nitrogens with zero attached hydrogens (tertiary/aromatic N) is 2. The van der Waals surface area contributed by atoms with Crippen LogP contribution < -0.4 is 5.32 Å². The molecule has 0 aromatic rings. The van der Waals surface area contributed by atoms with Crippen molar-refractivity contribution >= 4 is 5.91 Å². The summed E-state index contributed by atoms with van der Waals surface area (Å²) >= 11 is 0. The minimum absolute atomic E-state index is 0.389. The van der Waals surface area contributed by atoms with E-state index >= 15 is 0 Å². The molecule has 3 heterocycles. The predicted molar refractivity (Wildman–Crippen MR) is 80.6 cm³/mol. The Morgan fingerprint density at radius 1 is 1.05 bits per heavy atom. The number of likely N-dealkylation sites (tertiary alicyclic amines) is 2. The third-order valence-electron chi connectivity index (χ3n) is 5.42. The molecular formula is C16H29N3O. The number of carbonyl (C=O) groups excluding carboxylic acids is 1. The number of hydrogen-bond donors (Lipinski definition) is 1. The third-order valence-corrected chi connectivity index (χ3v) is 5.42. The normalized spacial score (nSPS) is 31.9. The van der Waals surface area contributed by atoms with E-state index in [4.69, 9.17) is 0 Å². The van der Waals surface area contributed by atoms with E-state index in [1.165, 1.54) is 51.6 Å². The van der Waals surface area contributed by atoms with Crippen molar-refractivity contribution in [2.75, 3.05) is 45.8 Å². The first-order chi connectivity index (χ1) is 9.77. The predicted octanol–water partition coefficient (Wildman–Crippen LogP) is 1.46. The zero-order valence-corrected chi connectivity index (χ0v) is 12.7. The fraction of sp³-hybridized carbons (Fsp3) is 0.938. The lowest BCUT2D eigenvalue weighted by Crippen LogP contribution is -2.52. The lowest BCUT2D eigenvalue weighted by Gasteiger charge is -2.45. The largest absolute Gasteiger partial charge is 0.342 e. The van der Waals surface area contributed by atoms with Crippen molar-refractivity contribution in [1.29, 1.82) is 0 Å². The number of hydrogen-bond acceptors (Lipinski definition) is 3. The average molecular weight is 279 g/mol. The molecule has 3 rings (SSSR count). The van der Waals surface area contributed by atoms with Gasteiger partial charge >= 0.3 is 0 Å². The molecule has 3 saturated heterocycles. The zero-order chi connectivity index (χ0) is 13.8. The maximum atomic E-state index is 12.5. The second-order valence-electron chi connectivity index (χ2n) is 7.00. The quantitative estimate of drug-likeness (QED) is 0.849. The van der Waals surface area contributed by atoms with Crippen LogP contribution in [0.2, 0.25) is 0 Å². The van der Waals surface area contributed by atoms with Gasteiger partial charge in [-0.1, -0.05) is 0 Å². The third kappa shape index (κ3) is 3.34. The second-order valence-corrected chi connectivity index (χ2v) is 7.00. The van der Waals surface area contributed by atoms with Crippen LogP contribution in [0.25, 0.3) is 0 Å². The second kappa shape index (κ2) is 6.44. The molecule has 3 aliphatic heterocycles. The Morgan fingerprint density at radius 3 is 2.60 bits per heavy atom. The summed E-state index contributed by atoms with van der Waals surface area (Å²) in [5.41, 5.74) is 0.389. The summed E-state index contributed by atoms with van der Waals surface area (Å²) in [6.07, 6.45) is 8.42. The van der Waals surface area contributed by atoms with E-state index in [1.807, 2.05) is 0 Å². The molecule has 0 saturated carbocycles. The van der Waals surface area contributed by atoms with Gasteiger partial charge in [0.25, 0.3) is 0 Å². The van der Waals surface area contributed by atoms with Gasteiger partial charge in [-0.05, 0) is 58.2 Å². The average Bonchev–Trinajstić information content (AvgIpc) is 2.99. The molecular weight excluding hydrogens is 250 g/mol. The SMILES string of the molecule is O=C(CCN1CCCC1)N1CCCC2(CCCNC2)C1. The molecule has 1 atom stereocenters. The Morgan fingerprint density at radius 2 is 1.85 bits per heavy atom. The highest BCUT2D eigenvalue weighted by Gasteiger charge is 2.37. The molecule has 4 heteroatoms. The highest BCUT2D eigenvalue weighted by molar-refractivity contribution is 5.76. The van der Waals surface area contributed by atoms with E-state index in [9.17, 15) is 4.79 Å². The molecule has 1 spiro atoms. The lowest BCUT2D eigenvalue weighted by molar-refractivity contribution is -0.135. The summed E-state index contributed by atoms with van der Waals surface area (Å²) in [4.78, 5) is 17.1. The van der Waals surface area contributed by atoms with Gasteiger partial charge in [-0.25, -0.2) is 0 Å². The van der Waals surface area contributed by atoms with E-state index in [-0.39, 0.29) is 0 Å². The van der Waals surface area contributed by atoms with Crippen LogP contribution in [0.15, 0.2) is 0 Å². The van der Waals surface area contributed by atoms with Crippen LogP contribution in [-0.4, -0.2) is 61.5 Å². The number of nitrogens with one attached hydrogen (secondary N) is 1. The Bertz CT molecular complexity index is 327. The number of amides is 1. The van der Waals surface area contributed by atoms with Crippen LogP contribution in [0.5, 0.6) is 0 Å². The topological polar surface area (TPSA) is 35.6 Å². The highest BCUT2D eigenvalue weighted by Crippen LogP contribution is 2.36. The van der Waals surface area contributed by atoms with Crippen molar-refractivity contribution in [3.05, 3.63) is 0 Å². The van der Waals surface area contributed by atoms with Crippen LogP contribution in [0.1, 0.15) is 44.9 Å². The minimum atomic E-state index is 0.389. The van der Waals surface area contributed by atoms with Crippen molar-refractivity contribution < 1.29 is 4.79 Å². The summed E-state index contributed by atoms with van der Waals surface area (Å²) in [6, 6.07) is 0. The molecule has 1 unspecified atom stereocenters. The first-order valence-corrected chi connectivity index (χ1v) is 8.48. The summed E-state index contributed by atoms with van der Waals surface area (Å²) in [7, 11) is 0. The van der Waals surface area contributed by atoms with Crippen LogP contribution in [0.4, 0.5) is 0 Å². The molecule has 0 aromatic heterocycles. The van der Waals surface area contributed by atoms with Crippen molar-refractivity contribution in [3.63, 3.8) is 0 Å². The molecule has 3 aliphatic rings. The Kier molecular flexibility index (Phi) is 4.61. The van der Waals surface area contributed by atoms with Crippen molar-refractivity contribution in [2.24, 2.45) is 5.41 Å². The molecule has 4 nitrogen and oxygen atoms in total. The standard InChI is InChI=1S/C16H29N3O/c20-15(5-12-18-9-1-2-10-18)19-11-4-7-16(14-19)6-3-8-17-13-16/h17H,1-14H2. The van der Waals surface area contributed by atoms with E-state index in [2.05, 4.69) is 15.1 Å². The lowest BCUT2D eigenvalue weighted by atomic mass is 9.74. The Hall–Kier alpha value is -0.610. The van der Waals surface area contributed by atoms with Crippen molar-refractivity contribution in [1.82, 2.24) is 15.1 Å².